The minimum Gasteiger partial charge on any atom is -0.480 e. The van der Waals surface area contributed by atoms with Gasteiger partial charge >= 0.3 is 12.1 Å². The van der Waals surface area contributed by atoms with Gasteiger partial charge in [0, 0.05) is 6.54 Å². The van der Waals surface area contributed by atoms with E-state index in [0.29, 0.717) is 13.0 Å². The minimum absolute atomic E-state index is 0.149. The summed E-state index contributed by atoms with van der Waals surface area (Å²) in [4.78, 5) is 25.2. The molecular formula is C18H25NO4. The van der Waals surface area contributed by atoms with Gasteiger partial charge in [0.2, 0.25) is 0 Å². The van der Waals surface area contributed by atoms with Crippen molar-refractivity contribution < 1.29 is 19.4 Å². The molecule has 1 aliphatic heterocycles. The maximum atomic E-state index is 12.3. The van der Waals surface area contributed by atoms with Crippen LogP contribution in [0.15, 0.2) is 24.3 Å². The summed E-state index contributed by atoms with van der Waals surface area (Å²) < 4.78 is 5.34. The van der Waals surface area contributed by atoms with Gasteiger partial charge in [-0.15, -0.1) is 0 Å². The van der Waals surface area contributed by atoms with E-state index in [2.05, 4.69) is 0 Å². The van der Waals surface area contributed by atoms with Crippen molar-refractivity contribution in [2.24, 2.45) is 0 Å². The van der Waals surface area contributed by atoms with Crippen LogP contribution in [0.1, 0.15) is 50.7 Å². The van der Waals surface area contributed by atoms with Crippen LogP contribution in [0.2, 0.25) is 0 Å². The number of carbonyl (C=O) groups excluding carboxylic acids is 1. The van der Waals surface area contributed by atoms with Gasteiger partial charge in [0.1, 0.15) is 11.6 Å². The summed E-state index contributed by atoms with van der Waals surface area (Å²) in [5.41, 5.74) is 1.67. The zero-order valence-electron chi connectivity index (χ0n) is 14.2. The Kier molecular flexibility index (Phi) is 4.97. The van der Waals surface area contributed by atoms with Crippen LogP contribution in [0, 0.1) is 6.92 Å². The van der Waals surface area contributed by atoms with Gasteiger partial charge in [-0.05, 0) is 52.0 Å². The molecule has 2 atom stereocenters. The maximum absolute atomic E-state index is 12.3. The number of nitrogens with zero attached hydrogens (tertiary/aromatic N) is 1. The number of aliphatic carboxylic acids is 1. The van der Waals surface area contributed by atoms with Crippen molar-refractivity contribution in [3.8, 4) is 0 Å². The third kappa shape index (κ3) is 4.47. The SMILES string of the molecule is Cc1ccc(C2CCN(C(=O)OC(C)(C)C)C(C(=O)O)C2)cc1. The Balaban J connectivity index is 2.13. The van der Waals surface area contributed by atoms with Crippen molar-refractivity contribution in [1.82, 2.24) is 4.90 Å². The Morgan fingerprint density at radius 1 is 1.22 bits per heavy atom. The van der Waals surface area contributed by atoms with Crippen molar-refractivity contribution in [2.45, 2.75) is 58.1 Å². The fourth-order valence-corrected chi connectivity index (χ4v) is 2.88. The lowest BCUT2D eigenvalue weighted by Crippen LogP contribution is -2.51. The van der Waals surface area contributed by atoms with E-state index in [4.69, 9.17) is 4.74 Å². The van der Waals surface area contributed by atoms with E-state index in [-0.39, 0.29) is 5.92 Å². The summed E-state index contributed by atoms with van der Waals surface area (Å²) in [7, 11) is 0. The van der Waals surface area contributed by atoms with Gasteiger partial charge in [0.25, 0.3) is 0 Å². The minimum atomic E-state index is -0.979. The summed E-state index contributed by atoms with van der Waals surface area (Å²) >= 11 is 0. The van der Waals surface area contributed by atoms with Crippen molar-refractivity contribution >= 4 is 12.1 Å². The Morgan fingerprint density at radius 3 is 2.35 bits per heavy atom. The summed E-state index contributed by atoms with van der Waals surface area (Å²) in [6.07, 6.45) is 0.608. The van der Waals surface area contributed by atoms with Crippen LogP contribution in [0.5, 0.6) is 0 Å². The van der Waals surface area contributed by atoms with Gasteiger partial charge < -0.3 is 9.84 Å². The van der Waals surface area contributed by atoms with Crippen LogP contribution in [0.25, 0.3) is 0 Å². The molecule has 0 radical (unpaired) electrons. The fourth-order valence-electron chi connectivity index (χ4n) is 2.88. The summed E-state index contributed by atoms with van der Waals surface area (Å²) in [5, 5.41) is 9.52. The number of carbonyl (C=O) groups is 2. The van der Waals surface area contributed by atoms with Gasteiger partial charge in [0.05, 0.1) is 0 Å². The second-order valence-electron chi connectivity index (χ2n) is 7.16. The third-order valence-corrected chi connectivity index (χ3v) is 4.06. The molecule has 2 unspecified atom stereocenters. The summed E-state index contributed by atoms with van der Waals surface area (Å²) in [5.74, 6) is -0.831. The lowest BCUT2D eigenvalue weighted by Gasteiger charge is -2.38. The molecule has 2 rings (SSSR count). The zero-order valence-corrected chi connectivity index (χ0v) is 14.2. The number of amides is 1. The first kappa shape index (κ1) is 17.3. The Labute approximate surface area is 137 Å². The van der Waals surface area contributed by atoms with Crippen LogP contribution in [0.3, 0.4) is 0 Å². The van der Waals surface area contributed by atoms with Gasteiger partial charge in [-0.3, -0.25) is 4.90 Å². The van der Waals surface area contributed by atoms with E-state index in [1.165, 1.54) is 10.5 Å². The first-order chi connectivity index (χ1) is 10.7. The average Bonchev–Trinajstić information content (AvgIpc) is 2.45. The second-order valence-corrected chi connectivity index (χ2v) is 7.16. The highest BCUT2D eigenvalue weighted by atomic mass is 16.6. The number of benzene rings is 1. The van der Waals surface area contributed by atoms with E-state index in [9.17, 15) is 14.7 Å². The Hall–Kier alpha value is -2.04. The van der Waals surface area contributed by atoms with E-state index in [0.717, 1.165) is 12.0 Å². The standard InChI is InChI=1S/C18H25NO4/c1-12-5-7-13(8-6-12)14-9-10-19(15(11-14)16(20)21)17(22)23-18(2,3)4/h5-8,14-15H,9-11H2,1-4H3,(H,20,21). The Bertz CT molecular complexity index is 574. The lowest BCUT2D eigenvalue weighted by atomic mass is 9.85. The third-order valence-electron chi connectivity index (χ3n) is 4.06. The van der Waals surface area contributed by atoms with Crippen molar-refractivity contribution in [3.05, 3.63) is 35.4 Å². The molecule has 0 bridgehead atoms. The number of aryl methyl sites for hydroxylation is 1. The predicted octanol–water partition coefficient (Wildman–Crippen LogP) is 3.56. The monoisotopic (exact) mass is 319 g/mol. The number of likely N-dealkylation sites (tertiary alicyclic amines) is 1. The van der Waals surface area contributed by atoms with Crippen molar-refractivity contribution in [1.29, 1.82) is 0 Å². The largest absolute Gasteiger partial charge is 0.480 e. The normalized spacial score (nSPS) is 21.8. The number of piperidine rings is 1. The number of hydrogen-bond acceptors (Lipinski definition) is 3. The molecule has 5 heteroatoms. The molecule has 0 aromatic heterocycles. The van der Waals surface area contributed by atoms with Crippen LogP contribution >= 0.6 is 0 Å². The highest BCUT2D eigenvalue weighted by Gasteiger charge is 2.38. The maximum Gasteiger partial charge on any atom is 0.411 e. The Morgan fingerprint density at radius 2 is 1.83 bits per heavy atom. The molecule has 0 aliphatic carbocycles. The molecule has 126 valence electrons. The molecule has 5 nitrogen and oxygen atoms in total. The van der Waals surface area contributed by atoms with E-state index in [1.54, 1.807) is 20.8 Å². The smallest absolute Gasteiger partial charge is 0.411 e. The average molecular weight is 319 g/mol. The van der Waals surface area contributed by atoms with E-state index >= 15 is 0 Å². The number of rotatable bonds is 2. The highest BCUT2D eigenvalue weighted by Crippen LogP contribution is 2.32. The zero-order chi connectivity index (χ0) is 17.2. The van der Waals surface area contributed by atoms with Gasteiger partial charge in [0.15, 0.2) is 0 Å². The molecule has 1 amide bonds. The predicted molar refractivity (Wildman–Crippen MR) is 87.5 cm³/mol. The van der Waals surface area contributed by atoms with Gasteiger partial charge in [-0.2, -0.15) is 0 Å². The van der Waals surface area contributed by atoms with Crippen LogP contribution in [-0.2, 0) is 9.53 Å². The van der Waals surface area contributed by atoms with E-state index < -0.39 is 23.7 Å². The van der Waals surface area contributed by atoms with Crippen LogP contribution in [-0.4, -0.2) is 40.3 Å². The molecule has 1 aromatic rings. The van der Waals surface area contributed by atoms with Gasteiger partial charge in [-0.1, -0.05) is 29.8 Å². The van der Waals surface area contributed by atoms with Crippen molar-refractivity contribution in [2.75, 3.05) is 6.54 Å². The van der Waals surface area contributed by atoms with Crippen LogP contribution < -0.4 is 0 Å². The summed E-state index contributed by atoms with van der Waals surface area (Å²) in [6.45, 7) is 7.75. The van der Waals surface area contributed by atoms with Crippen LogP contribution in [0.4, 0.5) is 4.79 Å². The first-order valence-electron chi connectivity index (χ1n) is 7.96. The van der Waals surface area contributed by atoms with Gasteiger partial charge in [-0.25, -0.2) is 9.59 Å². The molecule has 1 aliphatic rings. The number of carboxylic acid groups (broad SMARTS) is 1. The summed E-state index contributed by atoms with van der Waals surface area (Å²) in [6, 6.07) is 7.31. The number of carboxylic acids is 1. The second kappa shape index (κ2) is 6.60. The first-order valence-corrected chi connectivity index (χ1v) is 7.96. The molecule has 1 fully saturated rings. The molecule has 0 spiro atoms. The molecule has 0 saturated carbocycles. The molecule has 1 N–H and O–H groups in total. The lowest BCUT2D eigenvalue weighted by molar-refractivity contribution is -0.144. The van der Waals surface area contributed by atoms with Crippen molar-refractivity contribution in [3.63, 3.8) is 0 Å². The molecular weight excluding hydrogens is 294 g/mol. The molecule has 1 aromatic carbocycles. The van der Waals surface area contributed by atoms with E-state index in [1.807, 2.05) is 31.2 Å². The molecule has 1 heterocycles. The topological polar surface area (TPSA) is 66.8 Å². The number of ether oxygens (including phenoxy) is 1. The highest BCUT2D eigenvalue weighted by molar-refractivity contribution is 5.80. The molecule has 23 heavy (non-hydrogen) atoms. The number of hydrogen-bond donors (Lipinski definition) is 1. The fraction of sp³-hybridized carbons (Fsp3) is 0.556. The quantitative estimate of drug-likeness (QED) is 0.905. The molecule has 1 saturated heterocycles.